The summed E-state index contributed by atoms with van der Waals surface area (Å²) in [4.78, 5) is 16.7. The van der Waals surface area contributed by atoms with Crippen molar-refractivity contribution in [3.8, 4) is 11.6 Å². The summed E-state index contributed by atoms with van der Waals surface area (Å²) in [5, 5.41) is 6.99. The molecule has 1 N–H and O–H groups in total. The molecule has 0 aliphatic heterocycles. The van der Waals surface area contributed by atoms with E-state index in [1.807, 2.05) is 24.3 Å². The number of nitrogens with zero attached hydrogens (tertiary/aromatic N) is 2. The monoisotopic (exact) mass is 351 g/mol. The van der Waals surface area contributed by atoms with E-state index in [0.29, 0.717) is 36.2 Å². The number of hydrogen-bond donors (Lipinski definition) is 1. The number of carbonyl (C=O) groups excluding carboxylic acids is 1. The van der Waals surface area contributed by atoms with Crippen molar-refractivity contribution in [1.29, 1.82) is 0 Å². The zero-order valence-corrected chi connectivity index (χ0v) is 14.5. The summed E-state index contributed by atoms with van der Waals surface area (Å²) in [5.74, 6) is 2.07. The van der Waals surface area contributed by atoms with Crippen molar-refractivity contribution in [3.63, 3.8) is 0 Å². The number of aromatic nitrogens is 2. The van der Waals surface area contributed by atoms with Crippen molar-refractivity contribution in [1.82, 2.24) is 10.1 Å². The van der Waals surface area contributed by atoms with Gasteiger partial charge in [-0.3, -0.25) is 4.79 Å². The molecule has 6 nitrogen and oxygen atoms in total. The van der Waals surface area contributed by atoms with Gasteiger partial charge in [-0.25, -0.2) is 0 Å². The Labute approximate surface area is 151 Å². The predicted molar refractivity (Wildman–Crippen MR) is 96.5 cm³/mol. The van der Waals surface area contributed by atoms with Gasteiger partial charge in [-0.1, -0.05) is 36.2 Å². The first-order valence-corrected chi connectivity index (χ1v) is 9.02. The fourth-order valence-corrected chi connectivity index (χ4v) is 3.47. The maximum atomic E-state index is 12.4. The van der Waals surface area contributed by atoms with Gasteiger partial charge >= 0.3 is 0 Å². The number of hydrogen-bond acceptors (Lipinski definition) is 5. The van der Waals surface area contributed by atoms with Gasteiger partial charge in [0.15, 0.2) is 5.76 Å². The Morgan fingerprint density at radius 3 is 2.81 bits per heavy atom. The summed E-state index contributed by atoms with van der Waals surface area (Å²) >= 11 is 0. The number of nitrogens with one attached hydrogen (secondary N) is 1. The van der Waals surface area contributed by atoms with E-state index in [0.717, 1.165) is 24.1 Å². The number of furan rings is 1. The van der Waals surface area contributed by atoms with Crippen molar-refractivity contribution in [2.45, 2.75) is 38.5 Å². The van der Waals surface area contributed by atoms with Gasteiger partial charge in [-0.05, 0) is 42.5 Å². The van der Waals surface area contributed by atoms with Gasteiger partial charge in [-0.15, -0.1) is 0 Å². The third-order valence-corrected chi connectivity index (χ3v) is 4.79. The topological polar surface area (TPSA) is 81.2 Å². The van der Waals surface area contributed by atoms with Crippen LogP contribution in [0.4, 0.5) is 5.69 Å². The third-order valence-electron chi connectivity index (χ3n) is 4.79. The Hall–Kier alpha value is -2.89. The molecule has 6 heteroatoms. The summed E-state index contributed by atoms with van der Waals surface area (Å²) in [6, 6.07) is 11.3. The number of benzene rings is 1. The van der Waals surface area contributed by atoms with Crippen LogP contribution in [-0.4, -0.2) is 16.0 Å². The normalized spacial score (nSPS) is 14.6. The van der Waals surface area contributed by atoms with Crippen LogP contribution in [-0.2, 0) is 11.2 Å². The van der Waals surface area contributed by atoms with Gasteiger partial charge in [0.25, 0.3) is 0 Å². The summed E-state index contributed by atoms with van der Waals surface area (Å²) < 4.78 is 10.6. The Morgan fingerprint density at radius 2 is 2.00 bits per heavy atom. The second-order valence-electron chi connectivity index (χ2n) is 6.73. The van der Waals surface area contributed by atoms with Crippen molar-refractivity contribution in [2.75, 3.05) is 5.32 Å². The van der Waals surface area contributed by atoms with Crippen LogP contribution in [0.5, 0.6) is 0 Å². The lowest BCUT2D eigenvalue weighted by Crippen LogP contribution is -2.16. The molecule has 1 aliphatic carbocycles. The van der Waals surface area contributed by atoms with Crippen LogP contribution in [0.3, 0.4) is 0 Å². The van der Waals surface area contributed by atoms with Crippen LogP contribution < -0.4 is 5.32 Å². The molecule has 1 fully saturated rings. The Bertz CT molecular complexity index is 864. The molecule has 0 bridgehead atoms. The molecule has 4 rings (SSSR count). The van der Waals surface area contributed by atoms with Crippen molar-refractivity contribution < 1.29 is 13.7 Å². The molecular formula is C20H21N3O3. The molecule has 1 aliphatic rings. The molecule has 2 heterocycles. The highest BCUT2D eigenvalue weighted by Crippen LogP contribution is 2.28. The molecule has 26 heavy (non-hydrogen) atoms. The van der Waals surface area contributed by atoms with Gasteiger partial charge in [0.1, 0.15) is 0 Å². The first kappa shape index (κ1) is 16.6. The van der Waals surface area contributed by atoms with E-state index in [2.05, 4.69) is 15.5 Å². The molecule has 1 amide bonds. The summed E-state index contributed by atoms with van der Waals surface area (Å²) in [7, 11) is 0. The van der Waals surface area contributed by atoms with E-state index >= 15 is 0 Å². The maximum absolute atomic E-state index is 12.4. The quantitative estimate of drug-likeness (QED) is 0.710. The van der Waals surface area contributed by atoms with Crippen LogP contribution >= 0.6 is 0 Å². The average molecular weight is 351 g/mol. The Balaban J connectivity index is 1.44. The lowest BCUT2D eigenvalue weighted by atomic mass is 10.0. The van der Waals surface area contributed by atoms with Crippen molar-refractivity contribution in [2.24, 2.45) is 5.92 Å². The lowest BCUT2D eigenvalue weighted by molar-refractivity contribution is -0.117. The number of rotatable bonds is 6. The van der Waals surface area contributed by atoms with E-state index in [4.69, 9.17) is 8.94 Å². The minimum Gasteiger partial charge on any atom is -0.461 e. The molecule has 0 unspecified atom stereocenters. The fourth-order valence-electron chi connectivity index (χ4n) is 3.47. The summed E-state index contributed by atoms with van der Waals surface area (Å²) in [6.45, 7) is 0. The van der Waals surface area contributed by atoms with Crippen LogP contribution in [0.15, 0.2) is 51.6 Å². The van der Waals surface area contributed by atoms with E-state index in [1.165, 1.54) is 12.8 Å². The number of amides is 1. The maximum Gasteiger partial charge on any atom is 0.238 e. The molecule has 0 spiro atoms. The number of carbonyl (C=O) groups is 1. The average Bonchev–Trinajstić information content (AvgIpc) is 3.38. The van der Waals surface area contributed by atoms with Gasteiger partial charge in [0.2, 0.25) is 17.6 Å². The van der Waals surface area contributed by atoms with Gasteiger partial charge in [0.05, 0.1) is 12.7 Å². The zero-order chi connectivity index (χ0) is 17.8. The molecule has 1 aromatic carbocycles. The van der Waals surface area contributed by atoms with Gasteiger partial charge in [-0.2, -0.15) is 4.98 Å². The van der Waals surface area contributed by atoms with Crippen LogP contribution in [0.2, 0.25) is 0 Å². The molecule has 3 aromatic rings. The SMILES string of the molecule is O=C(CC1CCCC1)Nc1ccccc1Cc1nc(-c2ccco2)no1. The Morgan fingerprint density at radius 1 is 1.15 bits per heavy atom. The minimum atomic E-state index is 0.0751. The largest absolute Gasteiger partial charge is 0.461 e. The second kappa shape index (κ2) is 7.56. The lowest BCUT2D eigenvalue weighted by Gasteiger charge is -2.12. The van der Waals surface area contributed by atoms with Crippen LogP contribution in [0.25, 0.3) is 11.6 Å². The second-order valence-corrected chi connectivity index (χ2v) is 6.73. The summed E-state index contributed by atoms with van der Waals surface area (Å²) in [6.07, 6.45) is 7.41. The molecule has 134 valence electrons. The molecule has 0 radical (unpaired) electrons. The fraction of sp³-hybridized carbons (Fsp3) is 0.350. The minimum absolute atomic E-state index is 0.0751. The van der Waals surface area contributed by atoms with Crippen molar-refractivity contribution in [3.05, 3.63) is 54.1 Å². The van der Waals surface area contributed by atoms with Crippen LogP contribution in [0, 0.1) is 5.92 Å². The number of para-hydroxylation sites is 1. The highest BCUT2D eigenvalue weighted by Gasteiger charge is 2.19. The van der Waals surface area contributed by atoms with Gasteiger partial charge in [0, 0.05) is 12.1 Å². The first-order chi connectivity index (χ1) is 12.8. The highest BCUT2D eigenvalue weighted by atomic mass is 16.5. The molecule has 0 saturated heterocycles. The molecule has 0 atom stereocenters. The number of anilines is 1. The van der Waals surface area contributed by atoms with Crippen LogP contribution in [0.1, 0.15) is 43.6 Å². The standard InChI is InChI=1S/C20H21N3O3/c24-18(12-14-6-1-2-7-14)21-16-9-4-3-8-15(16)13-19-22-20(23-26-19)17-10-5-11-25-17/h3-5,8-11,14H,1-2,6-7,12-13H2,(H,21,24). The molecule has 2 aromatic heterocycles. The smallest absolute Gasteiger partial charge is 0.238 e. The van der Waals surface area contributed by atoms with E-state index in [-0.39, 0.29) is 5.91 Å². The Kier molecular flexibility index (Phi) is 4.82. The van der Waals surface area contributed by atoms with Gasteiger partial charge < -0.3 is 14.3 Å². The zero-order valence-electron chi connectivity index (χ0n) is 14.5. The molecule has 1 saturated carbocycles. The summed E-state index contributed by atoms with van der Waals surface area (Å²) in [5.41, 5.74) is 1.75. The first-order valence-electron chi connectivity index (χ1n) is 9.02. The van der Waals surface area contributed by atoms with E-state index < -0.39 is 0 Å². The third kappa shape index (κ3) is 3.85. The highest BCUT2D eigenvalue weighted by molar-refractivity contribution is 5.91. The van der Waals surface area contributed by atoms with E-state index in [9.17, 15) is 4.79 Å². The van der Waals surface area contributed by atoms with E-state index in [1.54, 1.807) is 18.4 Å². The van der Waals surface area contributed by atoms with Crippen molar-refractivity contribution >= 4 is 11.6 Å². The predicted octanol–water partition coefficient (Wildman–Crippen LogP) is 4.44. The molecular weight excluding hydrogens is 330 g/mol.